The Balaban J connectivity index is 0.000000673. The summed E-state index contributed by atoms with van der Waals surface area (Å²) in [6.45, 7) is 5.63. The molecule has 0 atom stereocenters. The van der Waals surface area contributed by atoms with E-state index in [1.807, 2.05) is 24.3 Å². The highest BCUT2D eigenvalue weighted by atomic mass is 16.1. The summed E-state index contributed by atoms with van der Waals surface area (Å²) in [7, 11) is 0. The zero-order valence-electron chi connectivity index (χ0n) is 10.0. The summed E-state index contributed by atoms with van der Waals surface area (Å²) in [5.74, 6) is 0. The van der Waals surface area contributed by atoms with Crippen LogP contribution in [0, 0.1) is 11.3 Å². The molecule has 0 aromatic heterocycles. The van der Waals surface area contributed by atoms with E-state index < -0.39 is 0 Å². The van der Waals surface area contributed by atoms with Gasteiger partial charge in [0.05, 0.1) is 6.07 Å². The van der Waals surface area contributed by atoms with Crippen molar-refractivity contribution in [3.63, 3.8) is 0 Å². The monoisotopic (exact) mass is 215 g/mol. The Kier molecular flexibility index (Phi) is 7.44. The molecule has 0 unspecified atom stereocenters. The second-order valence-corrected chi connectivity index (χ2v) is 3.26. The van der Waals surface area contributed by atoms with Crippen LogP contribution in [0.25, 0.3) is 5.57 Å². The van der Waals surface area contributed by atoms with Crippen molar-refractivity contribution in [1.29, 1.82) is 5.26 Å². The van der Waals surface area contributed by atoms with E-state index in [0.29, 0.717) is 0 Å². The van der Waals surface area contributed by atoms with E-state index in [-0.39, 0.29) is 0 Å². The molecule has 0 radical (unpaired) electrons. The molecule has 84 valence electrons. The number of benzene rings is 1. The molecule has 1 aromatic rings. The zero-order valence-corrected chi connectivity index (χ0v) is 10.0. The first-order valence-electron chi connectivity index (χ1n) is 5.22. The lowest BCUT2D eigenvalue weighted by atomic mass is 10.1. The van der Waals surface area contributed by atoms with Gasteiger partial charge < -0.3 is 0 Å². The number of carbonyl (C=O) groups is 1. The summed E-state index contributed by atoms with van der Waals surface area (Å²) in [4.78, 5) is 10.4. The number of allylic oxidation sites excluding steroid dienone is 2. The number of carbonyl (C=O) groups excluding carboxylic acids is 1. The lowest BCUT2D eigenvalue weighted by molar-refractivity contribution is 0.112. The molecule has 1 aromatic carbocycles. The minimum Gasteiger partial charge on any atom is -0.298 e. The second kappa shape index (κ2) is 8.43. The molecule has 0 aliphatic heterocycles. The maximum absolute atomic E-state index is 10.4. The van der Waals surface area contributed by atoms with Gasteiger partial charge in [0, 0.05) is 12.5 Å². The third-order valence-corrected chi connectivity index (χ3v) is 2.01. The fraction of sp³-hybridized carbons (Fsp3) is 0.286. The van der Waals surface area contributed by atoms with Crippen molar-refractivity contribution in [2.75, 3.05) is 0 Å². The Morgan fingerprint density at radius 3 is 2.25 bits per heavy atom. The molecular formula is C14H17NO. The Labute approximate surface area is 97.2 Å². The molecule has 0 bridgehead atoms. The minimum absolute atomic E-state index is 0.730. The van der Waals surface area contributed by atoms with Crippen LogP contribution in [0.3, 0.4) is 0 Å². The molecule has 16 heavy (non-hydrogen) atoms. The lowest BCUT2D eigenvalue weighted by Gasteiger charge is -2.00. The van der Waals surface area contributed by atoms with Crippen molar-refractivity contribution in [1.82, 2.24) is 0 Å². The van der Waals surface area contributed by atoms with Gasteiger partial charge in [-0.3, -0.25) is 4.79 Å². The summed E-state index contributed by atoms with van der Waals surface area (Å²) in [6.07, 6.45) is 4.08. The van der Waals surface area contributed by atoms with Gasteiger partial charge in [-0.2, -0.15) is 5.26 Å². The molecule has 0 spiro atoms. The van der Waals surface area contributed by atoms with Gasteiger partial charge >= 0.3 is 0 Å². The van der Waals surface area contributed by atoms with Gasteiger partial charge in [0.1, 0.15) is 6.29 Å². The van der Waals surface area contributed by atoms with E-state index in [9.17, 15) is 4.79 Å². The molecule has 0 aliphatic carbocycles. The molecule has 0 saturated heterocycles. The number of nitrogens with zero attached hydrogens (tertiary/aromatic N) is 1. The maximum atomic E-state index is 10.4. The van der Waals surface area contributed by atoms with Gasteiger partial charge in [-0.1, -0.05) is 37.3 Å². The van der Waals surface area contributed by atoms with Crippen LogP contribution in [0.15, 0.2) is 30.3 Å². The van der Waals surface area contributed by atoms with E-state index in [2.05, 4.69) is 19.9 Å². The Morgan fingerprint density at radius 2 is 1.88 bits per heavy atom. The molecule has 2 heteroatoms. The molecule has 0 saturated carbocycles. The highest BCUT2D eigenvalue weighted by molar-refractivity contribution is 5.76. The smallest absolute Gasteiger partial charge is 0.150 e. The average Bonchev–Trinajstić information content (AvgIpc) is 2.30. The normalized spacial score (nSPS) is 9.75. The van der Waals surface area contributed by atoms with E-state index in [1.54, 1.807) is 6.07 Å². The fourth-order valence-electron chi connectivity index (χ4n) is 1.25. The van der Waals surface area contributed by atoms with Crippen LogP contribution in [0.5, 0.6) is 0 Å². The molecule has 0 aliphatic rings. The average molecular weight is 215 g/mol. The first kappa shape index (κ1) is 14.1. The van der Waals surface area contributed by atoms with Crippen LogP contribution < -0.4 is 0 Å². The van der Waals surface area contributed by atoms with E-state index in [4.69, 9.17) is 5.26 Å². The van der Waals surface area contributed by atoms with Gasteiger partial charge in [-0.15, -0.1) is 0 Å². The van der Waals surface area contributed by atoms with Crippen LogP contribution in [0.1, 0.15) is 43.1 Å². The molecule has 0 heterocycles. The quantitative estimate of drug-likeness (QED) is 0.719. The van der Waals surface area contributed by atoms with Crippen LogP contribution in [0.2, 0.25) is 0 Å². The highest BCUT2D eigenvalue weighted by Gasteiger charge is 1.94. The minimum atomic E-state index is 0.730. The van der Waals surface area contributed by atoms with E-state index in [0.717, 1.165) is 18.3 Å². The van der Waals surface area contributed by atoms with Crippen LogP contribution in [-0.2, 0) is 0 Å². The predicted molar refractivity (Wildman–Crippen MR) is 67.1 cm³/mol. The molecule has 0 fully saturated rings. The van der Waals surface area contributed by atoms with Gasteiger partial charge in [0.2, 0.25) is 0 Å². The third kappa shape index (κ3) is 5.11. The lowest BCUT2D eigenvalue weighted by Crippen LogP contribution is -1.82. The topological polar surface area (TPSA) is 40.9 Å². The van der Waals surface area contributed by atoms with Crippen molar-refractivity contribution in [3.8, 4) is 6.07 Å². The number of hydrogen-bond donors (Lipinski definition) is 0. The van der Waals surface area contributed by atoms with Gasteiger partial charge in [-0.05, 0) is 24.5 Å². The van der Waals surface area contributed by atoms with E-state index >= 15 is 0 Å². The maximum Gasteiger partial charge on any atom is 0.150 e. The predicted octanol–water partition coefficient (Wildman–Crippen LogP) is 3.84. The van der Waals surface area contributed by atoms with Crippen molar-refractivity contribution in [2.24, 2.45) is 0 Å². The molecule has 0 amide bonds. The van der Waals surface area contributed by atoms with Crippen LogP contribution >= 0.6 is 0 Å². The van der Waals surface area contributed by atoms with Gasteiger partial charge in [0.15, 0.2) is 0 Å². The summed E-state index contributed by atoms with van der Waals surface area (Å²) in [5, 5.41) is 7.32. The Morgan fingerprint density at radius 1 is 1.38 bits per heavy atom. The summed E-state index contributed by atoms with van der Waals surface area (Å²) < 4.78 is 0. The summed E-state index contributed by atoms with van der Waals surface area (Å²) in [5.41, 5.74) is 3.18. The number of hydrogen-bond acceptors (Lipinski definition) is 2. The van der Waals surface area contributed by atoms with Crippen LogP contribution in [0.4, 0.5) is 0 Å². The largest absolute Gasteiger partial charge is 0.298 e. The SMILES string of the molecule is CC#N.CC/C=C(/C)c1ccc(C=O)cc1. The first-order valence-corrected chi connectivity index (χ1v) is 5.22. The summed E-state index contributed by atoms with van der Waals surface area (Å²) in [6, 6.07) is 9.39. The number of aldehydes is 1. The Hall–Kier alpha value is -1.88. The number of nitriles is 1. The van der Waals surface area contributed by atoms with Crippen molar-refractivity contribution in [2.45, 2.75) is 27.2 Å². The molecule has 0 N–H and O–H groups in total. The second-order valence-electron chi connectivity index (χ2n) is 3.26. The van der Waals surface area contributed by atoms with Gasteiger partial charge in [-0.25, -0.2) is 0 Å². The highest BCUT2D eigenvalue weighted by Crippen LogP contribution is 2.14. The van der Waals surface area contributed by atoms with Crippen molar-refractivity contribution in [3.05, 3.63) is 41.5 Å². The van der Waals surface area contributed by atoms with E-state index in [1.165, 1.54) is 18.1 Å². The van der Waals surface area contributed by atoms with Crippen molar-refractivity contribution >= 4 is 11.9 Å². The molecular weight excluding hydrogens is 198 g/mol. The fourth-order valence-corrected chi connectivity index (χ4v) is 1.25. The summed E-state index contributed by atoms with van der Waals surface area (Å²) >= 11 is 0. The third-order valence-electron chi connectivity index (χ3n) is 2.01. The number of rotatable bonds is 3. The molecule has 1 rings (SSSR count). The molecule has 2 nitrogen and oxygen atoms in total. The standard InChI is InChI=1S/C12H14O.C2H3N/c1-3-4-10(2)12-7-5-11(9-13)6-8-12;1-2-3/h4-9H,3H2,1-2H3;1H3/b10-4-;. The van der Waals surface area contributed by atoms with Crippen molar-refractivity contribution < 1.29 is 4.79 Å². The van der Waals surface area contributed by atoms with Crippen LogP contribution in [-0.4, -0.2) is 6.29 Å². The Bertz CT molecular complexity index is 382. The van der Waals surface area contributed by atoms with Gasteiger partial charge in [0.25, 0.3) is 0 Å². The first-order chi connectivity index (χ1) is 7.69. The zero-order chi connectivity index (χ0) is 12.4.